The standard InChI is InChI=1S/C15H23NO3S/c1-12-6-5-7-13(10-12)15(2,3)11-16-14(17)8-9-20(4,18)19/h5-7,10H,8-9,11H2,1-4H3,(H,16,17). The molecule has 1 rings (SSSR count). The van der Waals surface area contributed by atoms with Crippen molar-refractivity contribution in [1.82, 2.24) is 5.32 Å². The van der Waals surface area contributed by atoms with Gasteiger partial charge >= 0.3 is 0 Å². The predicted octanol–water partition coefficient (Wildman–Crippen LogP) is 1.82. The SMILES string of the molecule is Cc1cccc(C(C)(C)CNC(=O)CCS(C)(=O)=O)c1. The summed E-state index contributed by atoms with van der Waals surface area (Å²) in [5.41, 5.74) is 2.15. The molecule has 20 heavy (non-hydrogen) atoms. The van der Waals surface area contributed by atoms with Gasteiger partial charge in [0.15, 0.2) is 0 Å². The van der Waals surface area contributed by atoms with Crippen molar-refractivity contribution >= 4 is 15.7 Å². The quantitative estimate of drug-likeness (QED) is 0.871. The molecular weight excluding hydrogens is 274 g/mol. The van der Waals surface area contributed by atoms with E-state index in [-0.39, 0.29) is 23.5 Å². The molecule has 0 saturated heterocycles. The minimum Gasteiger partial charge on any atom is -0.355 e. The first-order chi connectivity index (χ1) is 9.10. The third kappa shape index (κ3) is 5.74. The fourth-order valence-electron chi connectivity index (χ4n) is 1.85. The van der Waals surface area contributed by atoms with Crippen LogP contribution in [0.1, 0.15) is 31.4 Å². The highest BCUT2D eigenvalue weighted by molar-refractivity contribution is 7.90. The number of hydrogen-bond acceptors (Lipinski definition) is 3. The lowest BCUT2D eigenvalue weighted by Crippen LogP contribution is -2.37. The lowest BCUT2D eigenvalue weighted by Gasteiger charge is -2.26. The van der Waals surface area contributed by atoms with Crippen molar-refractivity contribution < 1.29 is 13.2 Å². The summed E-state index contributed by atoms with van der Waals surface area (Å²) in [6.07, 6.45) is 1.15. The molecule has 0 heterocycles. The third-order valence-corrected chi connectivity index (χ3v) is 4.17. The van der Waals surface area contributed by atoms with Gasteiger partial charge in [-0.05, 0) is 12.5 Å². The van der Waals surface area contributed by atoms with E-state index in [0.717, 1.165) is 11.8 Å². The van der Waals surface area contributed by atoms with Crippen molar-refractivity contribution in [2.24, 2.45) is 0 Å². The van der Waals surface area contributed by atoms with E-state index < -0.39 is 9.84 Å². The Kier molecular flexibility index (Phi) is 5.34. The van der Waals surface area contributed by atoms with Crippen LogP contribution < -0.4 is 5.32 Å². The Morgan fingerprint density at radius 2 is 1.95 bits per heavy atom. The van der Waals surface area contributed by atoms with Crippen LogP contribution in [0, 0.1) is 6.92 Å². The summed E-state index contributed by atoms with van der Waals surface area (Å²) in [6, 6.07) is 8.17. The van der Waals surface area contributed by atoms with Gasteiger partial charge in [0, 0.05) is 24.6 Å². The van der Waals surface area contributed by atoms with Crippen LogP contribution in [0.2, 0.25) is 0 Å². The molecule has 1 aromatic carbocycles. The van der Waals surface area contributed by atoms with E-state index in [9.17, 15) is 13.2 Å². The minimum atomic E-state index is -3.09. The van der Waals surface area contributed by atoms with Gasteiger partial charge in [0.1, 0.15) is 9.84 Å². The summed E-state index contributed by atoms with van der Waals surface area (Å²) >= 11 is 0. The van der Waals surface area contributed by atoms with E-state index in [4.69, 9.17) is 0 Å². The predicted molar refractivity (Wildman–Crippen MR) is 81.5 cm³/mol. The van der Waals surface area contributed by atoms with Gasteiger partial charge in [-0.3, -0.25) is 4.79 Å². The van der Waals surface area contributed by atoms with Crippen LogP contribution in [0.4, 0.5) is 0 Å². The Hall–Kier alpha value is -1.36. The van der Waals surface area contributed by atoms with Gasteiger partial charge in [-0.25, -0.2) is 8.42 Å². The first-order valence-corrected chi connectivity index (χ1v) is 8.68. The van der Waals surface area contributed by atoms with Gasteiger partial charge < -0.3 is 5.32 Å². The molecule has 0 aromatic heterocycles. The molecule has 0 spiro atoms. The van der Waals surface area contributed by atoms with Crippen molar-refractivity contribution in [1.29, 1.82) is 0 Å². The van der Waals surface area contributed by atoms with E-state index in [1.165, 1.54) is 5.56 Å². The topological polar surface area (TPSA) is 63.2 Å². The molecule has 4 nitrogen and oxygen atoms in total. The molecule has 0 bridgehead atoms. The third-order valence-electron chi connectivity index (χ3n) is 3.23. The summed E-state index contributed by atoms with van der Waals surface area (Å²) in [5, 5.41) is 2.81. The number of sulfone groups is 1. The molecule has 0 aliphatic rings. The highest BCUT2D eigenvalue weighted by atomic mass is 32.2. The lowest BCUT2D eigenvalue weighted by molar-refractivity contribution is -0.120. The van der Waals surface area contributed by atoms with Gasteiger partial charge in [0.05, 0.1) is 5.75 Å². The summed E-state index contributed by atoms with van der Waals surface area (Å²) in [7, 11) is -3.09. The normalized spacial score (nSPS) is 12.2. The zero-order chi connectivity index (χ0) is 15.4. The average molecular weight is 297 g/mol. The van der Waals surface area contributed by atoms with Gasteiger partial charge in [-0.15, -0.1) is 0 Å². The van der Waals surface area contributed by atoms with Crippen molar-refractivity contribution in [3.63, 3.8) is 0 Å². The molecule has 0 unspecified atom stereocenters. The number of amides is 1. The Bertz CT molecular complexity index is 577. The summed E-state index contributed by atoms with van der Waals surface area (Å²) in [5.74, 6) is -0.333. The maximum Gasteiger partial charge on any atom is 0.221 e. The number of benzene rings is 1. The Morgan fingerprint density at radius 1 is 1.30 bits per heavy atom. The molecule has 0 aliphatic heterocycles. The van der Waals surface area contributed by atoms with Crippen LogP contribution in [-0.2, 0) is 20.0 Å². The maximum absolute atomic E-state index is 11.7. The zero-order valence-electron chi connectivity index (χ0n) is 12.6. The molecule has 0 atom stereocenters. The first kappa shape index (κ1) is 16.7. The molecule has 1 amide bonds. The van der Waals surface area contributed by atoms with Crippen LogP contribution in [0.3, 0.4) is 0 Å². The molecule has 0 aliphatic carbocycles. The van der Waals surface area contributed by atoms with Gasteiger partial charge in [0.2, 0.25) is 5.91 Å². The number of hydrogen-bond donors (Lipinski definition) is 1. The average Bonchev–Trinajstić information content (AvgIpc) is 2.33. The van der Waals surface area contributed by atoms with Crippen molar-refractivity contribution in [3.8, 4) is 0 Å². The van der Waals surface area contributed by atoms with E-state index in [1.54, 1.807) is 0 Å². The first-order valence-electron chi connectivity index (χ1n) is 6.62. The smallest absolute Gasteiger partial charge is 0.221 e. The van der Waals surface area contributed by atoms with Crippen LogP contribution in [-0.4, -0.2) is 32.9 Å². The van der Waals surface area contributed by atoms with Gasteiger partial charge in [0.25, 0.3) is 0 Å². The largest absolute Gasteiger partial charge is 0.355 e. The summed E-state index contributed by atoms with van der Waals surface area (Å²) in [4.78, 5) is 11.7. The second-order valence-electron chi connectivity index (χ2n) is 5.91. The number of rotatable bonds is 6. The number of aryl methyl sites for hydroxylation is 1. The lowest BCUT2D eigenvalue weighted by atomic mass is 9.84. The highest BCUT2D eigenvalue weighted by Crippen LogP contribution is 2.23. The molecule has 1 N–H and O–H groups in total. The molecule has 0 radical (unpaired) electrons. The Morgan fingerprint density at radius 3 is 2.50 bits per heavy atom. The van der Waals surface area contributed by atoms with Gasteiger partial charge in [-0.2, -0.15) is 0 Å². The number of carbonyl (C=O) groups is 1. The van der Waals surface area contributed by atoms with Crippen LogP contribution >= 0.6 is 0 Å². The highest BCUT2D eigenvalue weighted by Gasteiger charge is 2.21. The van der Waals surface area contributed by atoms with Crippen LogP contribution in [0.15, 0.2) is 24.3 Å². The number of carbonyl (C=O) groups excluding carboxylic acids is 1. The molecule has 112 valence electrons. The molecule has 0 fully saturated rings. The Balaban J connectivity index is 2.57. The van der Waals surface area contributed by atoms with Crippen molar-refractivity contribution in [2.75, 3.05) is 18.6 Å². The van der Waals surface area contributed by atoms with E-state index >= 15 is 0 Å². The fourth-order valence-corrected chi connectivity index (χ4v) is 2.41. The van der Waals surface area contributed by atoms with Crippen molar-refractivity contribution in [2.45, 2.75) is 32.6 Å². The molecule has 1 aromatic rings. The second-order valence-corrected chi connectivity index (χ2v) is 8.17. The zero-order valence-corrected chi connectivity index (χ0v) is 13.4. The fraction of sp³-hybridized carbons (Fsp3) is 0.533. The van der Waals surface area contributed by atoms with E-state index in [0.29, 0.717) is 6.54 Å². The maximum atomic E-state index is 11.7. The van der Waals surface area contributed by atoms with E-state index in [2.05, 4.69) is 25.2 Å². The second kappa shape index (κ2) is 6.39. The molecule has 0 saturated carbocycles. The van der Waals surface area contributed by atoms with Gasteiger partial charge in [-0.1, -0.05) is 43.7 Å². The Labute approximate surface area is 121 Å². The summed E-state index contributed by atoms with van der Waals surface area (Å²) in [6.45, 7) is 6.63. The summed E-state index contributed by atoms with van der Waals surface area (Å²) < 4.78 is 22.0. The van der Waals surface area contributed by atoms with E-state index in [1.807, 2.05) is 25.1 Å². The molecule has 5 heteroatoms. The van der Waals surface area contributed by atoms with Crippen LogP contribution in [0.25, 0.3) is 0 Å². The minimum absolute atomic E-state index is 0.0166. The van der Waals surface area contributed by atoms with Crippen LogP contribution in [0.5, 0.6) is 0 Å². The van der Waals surface area contributed by atoms with Crippen molar-refractivity contribution in [3.05, 3.63) is 35.4 Å². The monoisotopic (exact) mass is 297 g/mol. The number of nitrogens with one attached hydrogen (secondary N) is 1. The molecular formula is C15H23NO3S.